The highest BCUT2D eigenvalue weighted by Gasteiger charge is 1.99. The summed E-state index contributed by atoms with van der Waals surface area (Å²) in [5.74, 6) is 0. The van der Waals surface area contributed by atoms with E-state index in [-0.39, 0.29) is 6.61 Å². The molecule has 5 nitrogen and oxygen atoms in total. The van der Waals surface area contributed by atoms with E-state index in [2.05, 4.69) is 4.98 Å². The first-order valence-corrected chi connectivity index (χ1v) is 5.67. The van der Waals surface area contributed by atoms with Gasteiger partial charge in [-0.25, -0.2) is 4.79 Å². The molecule has 94 valence electrons. The number of nitrogens with one attached hydrogen (secondary N) is 1. The maximum Gasteiger partial charge on any atom is 0.328 e. The summed E-state index contributed by atoms with van der Waals surface area (Å²) in [7, 11) is 0. The van der Waals surface area contributed by atoms with E-state index in [1.54, 1.807) is 0 Å². The van der Waals surface area contributed by atoms with Gasteiger partial charge in [0.2, 0.25) is 0 Å². The number of aliphatic hydroxyl groups excluding tert-OH is 1. The first-order valence-electron chi connectivity index (χ1n) is 5.67. The Morgan fingerprint density at radius 3 is 2.33 bits per heavy atom. The molecule has 0 spiro atoms. The fourth-order valence-electron chi connectivity index (χ4n) is 1.71. The molecule has 2 rings (SSSR count). The Labute approximate surface area is 103 Å². The van der Waals surface area contributed by atoms with Gasteiger partial charge in [0, 0.05) is 18.9 Å². The lowest BCUT2D eigenvalue weighted by Crippen LogP contribution is -2.28. The molecule has 2 N–H and O–H groups in total. The number of rotatable bonds is 4. The van der Waals surface area contributed by atoms with Gasteiger partial charge < -0.3 is 5.11 Å². The number of aromatic nitrogens is 2. The number of nitrogens with zero attached hydrogens (tertiary/aromatic N) is 1. The molecule has 0 unspecified atom stereocenters. The summed E-state index contributed by atoms with van der Waals surface area (Å²) < 4.78 is 1.43. The maximum absolute atomic E-state index is 11.5. The van der Waals surface area contributed by atoms with Crippen molar-refractivity contribution in [2.75, 3.05) is 6.61 Å². The molecule has 0 saturated heterocycles. The van der Waals surface area contributed by atoms with Crippen LogP contribution in [0.5, 0.6) is 0 Å². The van der Waals surface area contributed by atoms with Crippen molar-refractivity contribution < 1.29 is 5.11 Å². The van der Waals surface area contributed by atoms with Gasteiger partial charge in [0.15, 0.2) is 0 Å². The van der Waals surface area contributed by atoms with Crippen molar-refractivity contribution in [2.24, 2.45) is 0 Å². The van der Waals surface area contributed by atoms with Gasteiger partial charge in [-0.3, -0.25) is 14.3 Å². The molecule has 1 aromatic heterocycles. The number of aliphatic hydroxyl groups is 1. The van der Waals surface area contributed by atoms with Gasteiger partial charge in [0.1, 0.15) is 0 Å². The van der Waals surface area contributed by atoms with Gasteiger partial charge in [-0.05, 0) is 17.5 Å². The fourth-order valence-corrected chi connectivity index (χ4v) is 1.71. The van der Waals surface area contributed by atoms with E-state index in [4.69, 9.17) is 5.11 Å². The lowest BCUT2D eigenvalue weighted by molar-refractivity contribution is 0.299. The highest BCUT2D eigenvalue weighted by Crippen LogP contribution is 2.05. The molecule has 0 atom stereocenters. The van der Waals surface area contributed by atoms with Crippen molar-refractivity contribution >= 4 is 0 Å². The van der Waals surface area contributed by atoms with Crippen LogP contribution in [0.2, 0.25) is 0 Å². The minimum Gasteiger partial charge on any atom is -0.396 e. The molecule has 0 bridgehead atoms. The van der Waals surface area contributed by atoms with Crippen LogP contribution in [0.3, 0.4) is 0 Å². The van der Waals surface area contributed by atoms with E-state index in [0.29, 0.717) is 13.0 Å². The van der Waals surface area contributed by atoms with Crippen LogP contribution in [-0.4, -0.2) is 21.3 Å². The Morgan fingerprint density at radius 2 is 1.72 bits per heavy atom. The third-order valence-electron chi connectivity index (χ3n) is 2.67. The molecule has 0 aliphatic heterocycles. The quantitative estimate of drug-likeness (QED) is 0.804. The van der Waals surface area contributed by atoms with E-state index in [9.17, 15) is 9.59 Å². The Hall–Kier alpha value is -2.14. The third kappa shape index (κ3) is 2.95. The molecule has 0 aliphatic rings. The topological polar surface area (TPSA) is 75.1 Å². The van der Waals surface area contributed by atoms with Crippen LogP contribution < -0.4 is 11.2 Å². The summed E-state index contributed by atoms with van der Waals surface area (Å²) in [4.78, 5) is 24.6. The monoisotopic (exact) mass is 246 g/mol. The van der Waals surface area contributed by atoms with Crippen molar-refractivity contribution in [2.45, 2.75) is 13.0 Å². The first kappa shape index (κ1) is 12.3. The van der Waals surface area contributed by atoms with Crippen molar-refractivity contribution in [1.82, 2.24) is 9.55 Å². The van der Waals surface area contributed by atoms with Gasteiger partial charge in [0.25, 0.3) is 5.56 Å². The summed E-state index contributed by atoms with van der Waals surface area (Å²) in [6.07, 6.45) is 2.10. The van der Waals surface area contributed by atoms with E-state index in [1.165, 1.54) is 16.8 Å². The van der Waals surface area contributed by atoms with Crippen molar-refractivity contribution in [1.29, 1.82) is 0 Å². The Bertz CT molecular complexity index is 626. The van der Waals surface area contributed by atoms with Crippen molar-refractivity contribution in [3.05, 3.63) is 68.5 Å². The molecular weight excluding hydrogens is 232 g/mol. The third-order valence-corrected chi connectivity index (χ3v) is 2.67. The van der Waals surface area contributed by atoms with Crippen LogP contribution in [0.4, 0.5) is 0 Å². The van der Waals surface area contributed by atoms with E-state index >= 15 is 0 Å². The predicted molar refractivity (Wildman–Crippen MR) is 67.7 cm³/mol. The minimum atomic E-state index is -0.415. The fraction of sp³-hybridized carbons (Fsp3) is 0.231. The van der Waals surface area contributed by atoms with Gasteiger partial charge in [-0.15, -0.1) is 0 Å². The zero-order valence-electron chi connectivity index (χ0n) is 9.80. The Kier molecular flexibility index (Phi) is 3.74. The molecule has 0 radical (unpaired) electrons. The van der Waals surface area contributed by atoms with Crippen LogP contribution in [0.25, 0.3) is 0 Å². The molecule has 0 saturated carbocycles. The van der Waals surface area contributed by atoms with Crippen LogP contribution in [-0.2, 0) is 13.0 Å². The Balaban J connectivity index is 2.18. The van der Waals surface area contributed by atoms with Gasteiger partial charge >= 0.3 is 5.69 Å². The minimum absolute atomic E-state index is 0.124. The second-order valence-electron chi connectivity index (χ2n) is 4.03. The molecule has 0 amide bonds. The second kappa shape index (κ2) is 5.46. The number of benzene rings is 1. The molecule has 1 heterocycles. The summed E-state index contributed by atoms with van der Waals surface area (Å²) in [5, 5.41) is 8.81. The number of hydrogen-bond donors (Lipinski definition) is 2. The molecule has 0 aliphatic carbocycles. The van der Waals surface area contributed by atoms with E-state index in [1.807, 2.05) is 24.3 Å². The number of hydrogen-bond acceptors (Lipinski definition) is 3. The van der Waals surface area contributed by atoms with Crippen LogP contribution >= 0.6 is 0 Å². The standard InChI is InChI=1S/C13H14N2O3/c16-8-6-10-1-3-11(4-2-10)9-15-7-5-12(17)14-13(15)18/h1-5,7,16H,6,8-9H2,(H,14,17,18). The average Bonchev–Trinajstić information content (AvgIpc) is 2.35. The molecular formula is C13H14N2O3. The van der Waals surface area contributed by atoms with Crippen LogP contribution in [0.1, 0.15) is 11.1 Å². The Morgan fingerprint density at radius 1 is 1.06 bits per heavy atom. The summed E-state index contributed by atoms with van der Waals surface area (Å²) in [5.41, 5.74) is 1.21. The largest absolute Gasteiger partial charge is 0.396 e. The highest BCUT2D eigenvalue weighted by molar-refractivity contribution is 5.22. The van der Waals surface area contributed by atoms with Crippen LogP contribution in [0.15, 0.2) is 46.1 Å². The zero-order valence-corrected chi connectivity index (χ0v) is 9.80. The normalized spacial score (nSPS) is 10.5. The predicted octanol–water partition coefficient (Wildman–Crippen LogP) is 0.120. The summed E-state index contributed by atoms with van der Waals surface area (Å²) in [6, 6.07) is 8.97. The van der Waals surface area contributed by atoms with Crippen molar-refractivity contribution in [3.8, 4) is 0 Å². The zero-order chi connectivity index (χ0) is 13.0. The number of H-pyrrole nitrogens is 1. The average molecular weight is 246 g/mol. The molecule has 18 heavy (non-hydrogen) atoms. The molecule has 1 aromatic carbocycles. The van der Waals surface area contributed by atoms with Crippen LogP contribution in [0, 0.1) is 0 Å². The first-order chi connectivity index (χ1) is 8.69. The van der Waals surface area contributed by atoms with Gasteiger partial charge in [-0.1, -0.05) is 24.3 Å². The van der Waals surface area contributed by atoms with Crippen molar-refractivity contribution in [3.63, 3.8) is 0 Å². The number of aromatic amines is 1. The molecule has 0 fully saturated rings. The second-order valence-corrected chi connectivity index (χ2v) is 4.03. The lowest BCUT2D eigenvalue weighted by atomic mass is 10.1. The summed E-state index contributed by atoms with van der Waals surface area (Å²) in [6.45, 7) is 0.535. The van der Waals surface area contributed by atoms with Gasteiger partial charge in [0.05, 0.1) is 6.54 Å². The van der Waals surface area contributed by atoms with Gasteiger partial charge in [-0.2, -0.15) is 0 Å². The van der Waals surface area contributed by atoms with E-state index < -0.39 is 11.2 Å². The lowest BCUT2D eigenvalue weighted by Gasteiger charge is -2.05. The maximum atomic E-state index is 11.5. The van der Waals surface area contributed by atoms with E-state index in [0.717, 1.165) is 11.1 Å². The SMILES string of the molecule is O=c1ccn(Cc2ccc(CCO)cc2)c(=O)[nH]1. The highest BCUT2D eigenvalue weighted by atomic mass is 16.3. The smallest absolute Gasteiger partial charge is 0.328 e. The molecule has 2 aromatic rings. The summed E-state index contributed by atoms with van der Waals surface area (Å²) >= 11 is 0. The molecule has 5 heteroatoms.